The lowest BCUT2D eigenvalue weighted by Crippen LogP contribution is -2.36. The minimum Gasteiger partial charge on any atom is -0.484 e. The quantitative estimate of drug-likeness (QED) is 0.853. The first kappa shape index (κ1) is 16.4. The zero-order valence-electron chi connectivity index (χ0n) is 13.1. The smallest absolute Gasteiger partial charge is 0.266 e. The first-order valence-corrected chi connectivity index (χ1v) is 8.34. The Bertz CT molecular complexity index is 755. The standard InChI is InChI=1S/C17H16FN3O2S/c1-12-10-21(17(24-12)20-14-5-3-7-19-9-14)16(22)11-23-15-6-2-4-13(18)8-15/h2-9,12H,10-11H2,1H3. The van der Waals surface area contributed by atoms with E-state index in [2.05, 4.69) is 9.98 Å². The molecular weight excluding hydrogens is 329 g/mol. The van der Waals surface area contributed by atoms with E-state index in [1.54, 1.807) is 29.4 Å². The topological polar surface area (TPSA) is 54.8 Å². The number of pyridine rings is 1. The third-order valence-corrected chi connectivity index (χ3v) is 4.38. The fourth-order valence-electron chi connectivity index (χ4n) is 2.22. The fraction of sp³-hybridized carbons (Fsp3) is 0.235. The average molecular weight is 345 g/mol. The van der Waals surface area contributed by atoms with Gasteiger partial charge in [0, 0.05) is 24.1 Å². The molecule has 0 radical (unpaired) electrons. The van der Waals surface area contributed by atoms with Crippen molar-refractivity contribution in [2.45, 2.75) is 12.2 Å². The molecule has 0 spiro atoms. The number of amidine groups is 1. The second-order valence-electron chi connectivity index (χ2n) is 5.28. The zero-order chi connectivity index (χ0) is 16.9. The summed E-state index contributed by atoms with van der Waals surface area (Å²) in [6.07, 6.45) is 3.31. The fourth-order valence-corrected chi connectivity index (χ4v) is 3.27. The van der Waals surface area contributed by atoms with E-state index in [9.17, 15) is 9.18 Å². The van der Waals surface area contributed by atoms with Gasteiger partial charge in [0.1, 0.15) is 11.6 Å². The highest BCUT2D eigenvalue weighted by Crippen LogP contribution is 2.28. The predicted octanol–water partition coefficient (Wildman–Crippen LogP) is 3.25. The van der Waals surface area contributed by atoms with Crippen LogP contribution in [0.1, 0.15) is 6.92 Å². The van der Waals surface area contributed by atoms with Crippen molar-refractivity contribution in [3.63, 3.8) is 0 Å². The molecule has 1 fully saturated rings. The van der Waals surface area contributed by atoms with Gasteiger partial charge in [-0.15, -0.1) is 0 Å². The van der Waals surface area contributed by atoms with Crippen LogP contribution in [0.4, 0.5) is 10.1 Å². The highest BCUT2D eigenvalue weighted by atomic mass is 32.2. The van der Waals surface area contributed by atoms with Crippen LogP contribution in [0.25, 0.3) is 0 Å². The van der Waals surface area contributed by atoms with Gasteiger partial charge < -0.3 is 4.74 Å². The van der Waals surface area contributed by atoms with Gasteiger partial charge in [0.15, 0.2) is 11.8 Å². The molecule has 1 aromatic carbocycles. The number of halogens is 1. The lowest BCUT2D eigenvalue weighted by Gasteiger charge is -2.16. The molecule has 24 heavy (non-hydrogen) atoms. The largest absolute Gasteiger partial charge is 0.484 e. The number of thioether (sulfide) groups is 1. The first-order valence-electron chi connectivity index (χ1n) is 7.46. The molecule has 0 N–H and O–H groups in total. The minimum absolute atomic E-state index is 0.164. The van der Waals surface area contributed by atoms with Crippen molar-refractivity contribution < 1.29 is 13.9 Å². The number of amides is 1. The van der Waals surface area contributed by atoms with Crippen molar-refractivity contribution >= 4 is 28.5 Å². The van der Waals surface area contributed by atoms with Crippen molar-refractivity contribution in [3.8, 4) is 5.75 Å². The zero-order valence-corrected chi connectivity index (χ0v) is 13.9. The van der Waals surface area contributed by atoms with Crippen LogP contribution >= 0.6 is 11.8 Å². The Hall–Kier alpha value is -2.41. The Kier molecular flexibility index (Phi) is 5.10. The summed E-state index contributed by atoms with van der Waals surface area (Å²) in [5, 5.41) is 0.877. The predicted molar refractivity (Wildman–Crippen MR) is 92.0 cm³/mol. The van der Waals surface area contributed by atoms with Gasteiger partial charge >= 0.3 is 0 Å². The molecule has 5 nitrogen and oxygen atoms in total. The highest BCUT2D eigenvalue weighted by molar-refractivity contribution is 8.14. The third-order valence-electron chi connectivity index (χ3n) is 3.31. The molecule has 1 saturated heterocycles. The van der Waals surface area contributed by atoms with E-state index in [1.807, 2.05) is 13.0 Å². The molecule has 3 rings (SSSR count). The van der Waals surface area contributed by atoms with Crippen LogP contribution in [0.3, 0.4) is 0 Å². The molecule has 7 heteroatoms. The van der Waals surface area contributed by atoms with E-state index >= 15 is 0 Å². The monoisotopic (exact) mass is 345 g/mol. The molecule has 1 amide bonds. The average Bonchev–Trinajstić information content (AvgIpc) is 2.94. The van der Waals surface area contributed by atoms with E-state index < -0.39 is 5.82 Å². The molecule has 124 valence electrons. The SMILES string of the molecule is CC1CN(C(=O)COc2cccc(F)c2)C(=Nc2cccnc2)S1. The Morgan fingerprint density at radius 3 is 3.08 bits per heavy atom. The summed E-state index contributed by atoms with van der Waals surface area (Å²) in [5.74, 6) is -0.281. The normalized spacial score (nSPS) is 18.8. The van der Waals surface area contributed by atoms with Gasteiger partial charge in [-0.2, -0.15) is 0 Å². The Morgan fingerprint density at radius 1 is 1.46 bits per heavy atom. The Balaban J connectivity index is 1.69. The van der Waals surface area contributed by atoms with E-state index in [0.717, 1.165) is 0 Å². The van der Waals surface area contributed by atoms with Crippen molar-refractivity contribution in [1.82, 2.24) is 9.88 Å². The van der Waals surface area contributed by atoms with Gasteiger partial charge in [0.25, 0.3) is 5.91 Å². The number of rotatable bonds is 4. The molecule has 2 heterocycles. The lowest BCUT2D eigenvalue weighted by atomic mass is 10.3. The molecule has 1 aliphatic rings. The maximum absolute atomic E-state index is 13.1. The molecule has 0 bridgehead atoms. The van der Waals surface area contributed by atoms with Gasteiger partial charge in [-0.05, 0) is 24.3 Å². The molecule has 1 aliphatic heterocycles. The second kappa shape index (κ2) is 7.44. The number of hydrogen-bond acceptors (Lipinski definition) is 5. The van der Waals surface area contributed by atoms with Crippen molar-refractivity contribution in [1.29, 1.82) is 0 Å². The van der Waals surface area contributed by atoms with Crippen LogP contribution in [-0.4, -0.2) is 39.4 Å². The summed E-state index contributed by atoms with van der Waals surface area (Å²) in [5.41, 5.74) is 0.693. The molecule has 0 saturated carbocycles. The van der Waals surface area contributed by atoms with Crippen LogP contribution in [0.5, 0.6) is 5.75 Å². The number of aliphatic imine (C=N–C) groups is 1. The van der Waals surface area contributed by atoms with Gasteiger partial charge in [-0.25, -0.2) is 9.38 Å². The summed E-state index contributed by atoms with van der Waals surface area (Å²) >= 11 is 1.53. The molecule has 1 atom stereocenters. The van der Waals surface area contributed by atoms with Crippen LogP contribution in [-0.2, 0) is 4.79 Å². The van der Waals surface area contributed by atoms with E-state index in [0.29, 0.717) is 23.1 Å². The number of ether oxygens (including phenoxy) is 1. The van der Waals surface area contributed by atoms with Crippen molar-refractivity contribution in [2.75, 3.05) is 13.2 Å². The molecular formula is C17H16FN3O2S. The molecule has 1 aromatic heterocycles. The van der Waals surface area contributed by atoms with Crippen molar-refractivity contribution in [3.05, 3.63) is 54.6 Å². The number of hydrogen-bond donors (Lipinski definition) is 0. The van der Waals surface area contributed by atoms with Gasteiger partial charge in [0.05, 0.1) is 11.9 Å². The van der Waals surface area contributed by atoms with E-state index in [-0.39, 0.29) is 17.8 Å². The van der Waals surface area contributed by atoms with Crippen LogP contribution in [0, 0.1) is 5.82 Å². The summed E-state index contributed by atoms with van der Waals surface area (Å²) in [7, 11) is 0. The highest BCUT2D eigenvalue weighted by Gasteiger charge is 2.31. The Labute approximate surface area is 143 Å². The number of aromatic nitrogens is 1. The number of benzene rings is 1. The van der Waals surface area contributed by atoms with Gasteiger partial charge in [0.2, 0.25) is 0 Å². The number of nitrogens with zero attached hydrogens (tertiary/aromatic N) is 3. The summed E-state index contributed by atoms with van der Waals surface area (Å²) in [6, 6.07) is 9.35. The van der Waals surface area contributed by atoms with Crippen LogP contribution in [0.2, 0.25) is 0 Å². The summed E-state index contributed by atoms with van der Waals surface area (Å²) in [4.78, 5) is 22.6. The minimum atomic E-state index is -0.399. The molecule has 1 unspecified atom stereocenters. The van der Waals surface area contributed by atoms with Crippen LogP contribution < -0.4 is 4.74 Å². The Morgan fingerprint density at radius 2 is 2.33 bits per heavy atom. The van der Waals surface area contributed by atoms with E-state index in [1.165, 1.54) is 30.0 Å². The third kappa shape index (κ3) is 4.11. The maximum Gasteiger partial charge on any atom is 0.266 e. The molecule has 2 aromatic rings. The number of carbonyl (C=O) groups is 1. The van der Waals surface area contributed by atoms with Gasteiger partial charge in [-0.1, -0.05) is 24.8 Å². The lowest BCUT2D eigenvalue weighted by molar-refractivity contribution is -0.129. The second-order valence-corrected chi connectivity index (χ2v) is 6.69. The van der Waals surface area contributed by atoms with Crippen LogP contribution in [0.15, 0.2) is 53.8 Å². The number of carbonyl (C=O) groups excluding carboxylic acids is 1. The molecule has 0 aliphatic carbocycles. The van der Waals surface area contributed by atoms with Crippen molar-refractivity contribution in [2.24, 2.45) is 4.99 Å². The first-order chi connectivity index (χ1) is 11.6. The summed E-state index contributed by atoms with van der Waals surface area (Å²) in [6.45, 7) is 2.43. The maximum atomic E-state index is 13.1. The van der Waals surface area contributed by atoms with E-state index in [4.69, 9.17) is 4.74 Å². The van der Waals surface area contributed by atoms with Gasteiger partial charge in [-0.3, -0.25) is 14.7 Å². The summed E-state index contributed by atoms with van der Waals surface area (Å²) < 4.78 is 18.5.